The van der Waals surface area contributed by atoms with Crippen LogP contribution in [0.1, 0.15) is 38.5 Å². The number of non-ortho nitro benzene ring substituents is 1. The highest BCUT2D eigenvalue weighted by atomic mass is 35.5. The Hall–Kier alpha value is -1.86. The van der Waals surface area contributed by atoms with Crippen molar-refractivity contribution in [1.82, 2.24) is 5.32 Å². The number of nitro groups is 1. The molecule has 4 N–H and O–H groups in total. The monoisotopic (exact) mass is 356 g/mol. The van der Waals surface area contributed by atoms with Gasteiger partial charge in [0.2, 0.25) is 5.91 Å². The zero-order valence-electron chi connectivity index (χ0n) is 13.6. The summed E-state index contributed by atoms with van der Waals surface area (Å²) < 4.78 is 0. The number of benzene rings is 1. The number of anilines is 1. The molecule has 0 aromatic heterocycles. The van der Waals surface area contributed by atoms with Gasteiger partial charge in [-0.1, -0.05) is 0 Å². The maximum atomic E-state index is 11.9. The number of carbonyl (C=O) groups is 1. The van der Waals surface area contributed by atoms with E-state index in [0.29, 0.717) is 13.0 Å². The number of nitrogens with zero attached hydrogens (tertiary/aromatic N) is 1. The third-order valence-electron chi connectivity index (χ3n) is 4.12. The molecule has 7 nitrogen and oxygen atoms in total. The highest BCUT2D eigenvalue weighted by molar-refractivity contribution is 5.85. The summed E-state index contributed by atoms with van der Waals surface area (Å²) in [6, 6.07) is 6.82. The molecule has 1 aromatic carbocycles. The minimum Gasteiger partial charge on any atom is -0.385 e. The number of nitrogens with two attached hydrogens (primary N) is 1. The van der Waals surface area contributed by atoms with Gasteiger partial charge in [-0.05, 0) is 44.2 Å². The first-order valence-corrected chi connectivity index (χ1v) is 8.08. The quantitative estimate of drug-likeness (QED) is 0.395. The zero-order valence-corrected chi connectivity index (χ0v) is 14.4. The summed E-state index contributed by atoms with van der Waals surface area (Å²) in [5.74, 6) is 0.0796. The first kappa shape index (κ1) is 20.2. The van der Waals surface area contributed by atoms with Crippen LogP contribution in [0.15, 0.2) is 24.3 Å². The molecule has 0 spiro atoms. The average molecular weight is 357 g/mol. The van der Waals surface area contributed by atoms with Crippen LogP contribution in [0.2, 0.25) is 0 Å². The Morgan fingerprint density at radius 2 is 1.83 bits per heavy atom. The van der Waals surface area contributed by atoms with E-state index in [0.717, 1.165) is 37.8 Å². The molecule has 8 heteroatoms. The Kier molecular flexibility index (Phi) is 8.49. The fourth-order valence-electron chi connectivity index (χ4n) is 2.75. The van der Waals surface area contributed by atoms with E-state index in [9.17, 15) is 14.9 Å². The highest BCUT2D eigenvalue weighted by Gasteiger charge is 2.19. The molecule has 0 radical (unpaired) electrons. The molecule has 1 aliphatic carbocycles. The Labute approximate surface area is 147 Å². The van der Waals surface area contributed by atoms with Crippen LogP contribution >= 0.6 is 12.4 Å². The van der Waals surface area contributed by atoms with Crippen LogP contribution in [0.3, 0.4) is 0 Å². The maximum Gasteiger partial charge on any atom is 0.269 e. The topological polar surface area (TPSA) is 110 Å². The van der Waals surface area contributed by atoms with Gasteiger partial charge < -0.3 is 16.4 Å². The molecule has 0 aliphatic heterocycles. The van der Waals surface area contributed by atoms with Crippen molar-refractivity contribution in [3.63, 3.8) is 0 Å². The fourth-order valence-corrected chi connectivity index (χ4v) is 2.75. The second-order valence-electron chi connectivity index (χ2n) is 6.01. The van der Waals surface area contributed by atoms with Crippen LogP contribution in [-0.4, -0.2) is 29.5 Å². The number of hydrogen-bond donors (Lipinski definition) is 3. The molecule has 0 bridgehead atoms. The first-order valence-electron chi connectivity index (χ1n) is 8.08. The number of carbonyl (C=O) groups excluding carboxylic acids is 1. The predicted molar refractivity (Wildman–Crippen MR) is 96.4 cm³/mol. The number of amides is 1. The molecule has 0 unspecified atom stereocenters. The van der Waals surface area contributed by atoms with Crippen molar-refractivity contribution in [1.29, 1.82) is 0 Å². The van der Waals surface area contributed by atoms with Gasteiger partial charge in [0.1, 0.15) is 0 Å². The van der Waals surface area contributed by atoms with Crippen LogP contribution in [-0.2, 0) is 4.79 Å². The third kappa shape index (κ3) is 6.72. The van der Waals surface area contributed by atoms with Gasteiger partial charge in [-0.15, -0.1) is 12.4 Å². The largest absolute Gasteiger partial charge is 0.385 e. The molecule has 1 saturated carbocycles. The van der Waals surface area contributed by atoms with E-state index in [1.807, 2.05) is 0 Å². The molecular weight excluding hydrogens is 332 g/mol. The lowest BCUT2D eigenvalue weighted by atomic mass is 9.92. The lowest BCUT2D eigenvalue weighted by Gasteiger charge is -2.26. The van der Waals surface area contributed by atoms with E-state index >= 15 is 0 Å². The molecule has 1 aliphatic rings. The summed E-state index contributed by atoms with van der Waals surface area (Å²) in [6.45, 7) is 0.654. The fraction of sp³-hybridized carbons (Fsp3) is 0.562. The molecule has 0 saturated heterocycles. The van der Waals surface area contributed by atoms with E-state index < -0.39 is 4.92 Å². The standard InChI is InChI=1S/C16H24N4O3.ClH/c17-12-3-5-14(6-4-12)19-16(21)2-1-11-18-13-7-9-15(10-8-13)20(22)23;/h7-10,12,14,18H,1-6,11,17H2,(H,19,21);1H. The van der Waals surface area contributed by atoms with Crippen LogP contribution in [0, 0.1) is 10.1 Å². The van der Waals surface area contributed by atoms with Crippen molar-refractivity contribution in [3.05, 3.63) is 34.4 Å². The molecular formula is C16H25ClN4O3. The van der Waals surface area contributed by atoms with Crippen molar-refractivity contribution in [2.45, 2.75) is 50.6 Å². The predicted octanol–water partition coefficient (Wildman–Crippen LogP) is 2.59. The molecule has 0 atom stereocenters. The maximum absolute atomic E-state index is 11.9. The van der Waals surface area contributed by atoms with Crippen LogP contribution in [0.25, 0.3) is 0 Å². The van der Waals surface area contributed by atoms with E-state index in [-0.39, 0.29) is 36.1 Å². The van der Waals surface area contributed by atoms with Gasteiger partial charge in [-0.25, -0.2) is 0 Å². The summed E-state index contributed by atoms with van der Waals surface area (Å²) in [7, 11) is 0. The average Bonchev–Trinajstić information content (AvgIpc) is 2.54. The Morgan fingerprint density at radius 1 is 1.21 bits per heavy atom. The van der Waals surface area contributed by atoms with Crippen LogP contribution in [0.5, 0.6) is 0 Å². The van der Waals surface area contributed by atoms with Gasteiger partial charge in [0.25, 0.3) is 5.69 Å². The zero-order chi connectivity index (χ0) is 16.7. The van der Waals surface area contributed by atoms with Crippen molar-refractivity contribution in [2.75, 3.05) is 11.9 Å². The Balaban J connectivity index is 0.00000288. The second kappa shape index (κ2) is 10.1. The van der Waals surface area contributed by atoms with Gasteiger partial charge >= 0.3 is 0 Å². The van der Waals surface area contributed by atoms with Gasteiger partial charge in [-0.3, -0.25) is 14.9 Å². The number of nitro benzene ring substituents is 1. The lowest BCUT2D eigenvalue weighted by Crippen LogP contribution is -2.40. The molecule has 1 fully saturated rings. The Bertz CT molecular complexity index is 531. The van der Waals surface area contributed by atoms with Crippen LogP contribution < -0.4 is 16.4 Å². The summed E-state index contributed by atoms with van der Waals surface area (Å²) in [5, 5.41) is 16.8. The number of rotatable bonds is 7. The van der Waals surface area contributed by atoms with Crippen molar-refractivity contribution in [3.8, 4) is 0 Å². The minimum absolute atomic E-state index is 0. The van der Waals surface area contributed by atoms with Gasteiger partial charge in [0.05, 0.1) is 4.92 Å². The van der Waals surface area contributed by atoms with Crippen molar-refractivity contribution in [2.24, 2.45) is 5.73 Å². The minimum atomic E-state index is -0.424. The smallest absolute Gasteiger partial charge is 0.269 e. The van der Waals surface area contributed by atoms with Crippen molar-refractivity contribution < 1.29 is 9.72 Å². The number of hydrogen-bond acceptors (Lipinski definition) is 5. The van der Waals surface area contributed by atoms with Crippen LogP contribution in [0.4, 0.5) is 11.4 Å². The number of nitrogens with one attached hydrogen (secondary N) is 2. The van der Waals surface area contributed by atoms with E-state index in [4.69, 9.17) is 5.73 Å². The molecule has 0 heterocycles. The number of halogens is 1. The van der Waals surface area contributed by atoms with Gasteiger partial charge in [-0.2, -0.15) is 0 Å². The lowest BCUT2D eigenvalue weighted by molar-refractivity contribution is -0.384. The summed E-state index contributed by atoms with van der Waals surface area (Å²) in [6.07, 6.45) is 5.08. The summed E-state index contributed by atoms with van der Waals surface area (Å²) >= 11 is 0. The third-order valence-corrected chi connectivity index (χ3v) is 4.12. The molecule has 24 heavy (non-hydrogen) atoms. The summed E-state index contributed by atoms with van der Waals surface area (Å²) in [5.41, 5.74) is 6.74. The van der Waals surface area contributed by atoms with Crippen molar-refractivity contribution >= 4 is 29.7 Å². The SMILES string of the molecule is Cl.NC1CCC(NC(=O)CCCNc2ccc([N+](=O)[O-])cc2)CC1. The Morgan fingerprint density at radius 3 is 2.42 bits per heavy atom. The molecule has 1 aromatic rings. The van der Waals surface area contributed by atoms with Gasteiger partial charge in [0, 0.05) is 42.9 Å². The van der Waals surface area contributed by atoms with E-state index in [1.165, 1.54) is 12.1 Å². The highest BCUT2D eigenvalue weighted by Crippen LogP contribution is 2.17. The summed E-state index contributed by atoms with van der Waals surface area (Å²) in [4.78, 5) is 22.0. The first-order chi connectivity index (χ1) is 11.0. The van der Waals surface area contributed by atoms with Gasteiger partial charge in [0.15, 0.2) is 0 Å². The second-order valence-corrected chi connectivity index (χ2v) is 6.01. The molecule has 2 rings (SSSR count). The molecule has 1 amide bonds. The van der Waals surface area contributed by atoms with E-state index in [2.05, 4.69) is 10.6 Å². The van der Waals surface area contributed by atoms with E-state index in [1.54, 1.807) is 12.1 Å². The molecule has 134 valence electrons. The normalized spacial score (nSPS) is 19.9.